The van der Waals surface area contributed by atoms with E-state index in [9.17, 15) is 28.2 Å². The standard InChI is InChI=1S/C27H22F3N3O4S/c1-14-4-6-18(10-15(14)2)33-22-11-17(27(28,29)30)5-8-20(22)24(25(33)35)32-31-21-9-7-19(12-23(21)34)38-13-16(3)26(36)37/h4-13,34-35H,1-3H3,(H,36,37)/b16-13+,32-31?. The number of benzene rings is 3. The van der Waals surface area contributed by atoms with Crippen LogP contribution in [0, 0.1) is 13.8 Å². The first kappa shape index (κ1) is 26.8. The van der Waals surface area contributed by atoms with Crippen molar-refractivity contribution in [1.29, 1.82) is 0 Å². The van der Waals surface area contributed by atoms with Gasteiger partial charge in [-0.15, -0.1) is 10.2 Å². The van der Waals surface area contributed by atoms with E-state index in [1.807, 2.05) is 13.8 Å². The summed E-state index contributed by atoms with van der Waals surface area (Å²) in [5.41, 5.74) is 1.63. The smallest absolute Gasteiger partial charge is 0.416 e. The second-order valence-electron chi connectivity index (χ2n) is 8.58. The largest absolute Gasteiger partial charge is 0.506 e. The number of carboxylic acid groups (broad SMARTS) is 1. The van der Waals surface area contributed by atoms with E-state index in [0.29, 0.717) is 10.6 Å². The molecule has 0 aliphatic heterocycles. The summed E-state index contributed by atoms with van der Waals surface area (Å²) in [7, 11) is 0. The fourth-order valence-electron chi connectivity index (χ4n) is 3.63. The van der Waals surface area contributed by atoms with E-state index in [1.54, 1.807) is 24.3 Å². The summed E-state index contributed by atoms with van der Waals surface area (Å²) in [4.78, 5) is 11.5. The number of thioether (sulfide) groups is 1. The van der Waals surface area contributed by atoms with Gasteiger partial charge < -0.3 is 15.3 Å². The Balaban J connectivity index is 1.79. The predicted molar refractivity (Wildman–Crippen MR) is 139 cm³/mol. The van der Waals surface area contributed by atoms with E-state index in [4.69, 9.17) is 5.11 Å². The summed E-state index contributed by atoms with van der Waals surface area (Å²) < 4.78 is 41.7. The lowest BCUT2D eigenvalue weighted by Gasteiger charge is -2.11. The average molecular weight is 542 g/mol. The fraction of sp³-hybridized carbons (Fsp3) is 0.148. The normalized spacial score (nSPS) is 12.5. The highest BCUT2D eigenvalue weighted by molar-refractivity contribution is 8.02. The van der Waals surface area contributed by atoms with E-state index >= 15 is 0 Å². The number of fused-ring (bicyclic) bond motifs is 1. The lowest BCUT2D eigenvalue weighted by Crippen LogP contribution is -2.05. The van der Waals surface area contributed by atoms with Gasteiger partial charge in [0.25, 0.3) is 0 Å². The lowest BCUT2D eigenvalue weighted by atomic mass is 10.1. The summed E-state index contributed by atoms with van der Waals surface area (Å²) in [6.07, 6.45) is -4.59. The molecule has 0 aliphatic rings. The summed E-state index contributed by atoms with van der Waals surface area (Å²) in [5, 5.41) is 40.2. The molecule has 3 N–H and O–H groups in total. The Bertz CT molecular complexity index is 1620. The number of aryl methyl sites for hydroxylation is 2. The topological polar surface area (TPSA) is 107 Å². The number of rotatable bonds is 6. The van der Waals surface area contributed by atoms with Gasteiger partial charge in [0.05, 0.1) is 11.1 Å². The van der Waals surface area contributed by atoms with Crippen molar-refractivity contribution in [2.75, 3.05) is 0 Å². The van der Waals surface area contributed by atoms with Crippen molar-refractivity contribution in [3.63, 3.8) is 0 Å². The number of carbonyl (C=O) groups is 1. The molecule has 0 spiro atoms. The molecule has 7 nitrogen and oxygen atoms in total. The number of phenolic OH excluding ortho intramolecular Hbond substituents is 1. The number of aromatic hydroxyl groups is 2. The van der Waals surface area contributed by atoms with Gasteiger partial charge in [0.1, 0.15) is 11.4 Å². The molecule has 196 valence electrons. The maximum absolute atomic E-state index is 13.5. The van der Waals surface area contributed by atoms with Gasteiger partial charge in [-0.1, -0.05) is 17.8 Å². The highest BCUT2D eigenvalue weighted by atomic mass is 32.2. The third-order valence-electron chi connectivity index (χ3n) is 5.91. The lowest BCUT2D eigenvalue weighted by molar-refractivity contribution is -0.137. The maximum Gasteiger partial charge on any atom is 0.416 e. The van der Waals surface area contributed by atoms with Crippen molar-refractivity contribution in [3.8, 4) is 17.3 Å². The van der Waals surface area contributed by atoms with Crippen LogP contribution in [0.2, 0.25) is 0 Å². The molecular weight excluding hydrogens is 519 g/mol. The molecule has 0 unspecified atom stereocenters. The third-order valence-corrected chi connectivity index (χ3v) is 6.90. The molecule has 0 radical (unpaired) electrons. The summed E-state index contributed by atoms with van der Waals surface area (Å²) in [6, 6.07) is 12.7. The predicted octanol–water partition coefficient (Wildman–Crippen LogP) is 8.17. The van der Waals surface area contributed by atoms with Crippen molar-refractivity contribution in [2.45, 2.75) is 31.8 Å². The Morgan fingerprint density at radius 2 is 1.71 bits per heavy atom. The van der Waals surface area contributed by atoms with Crippen LogP contribution < -0.4 is 0 Å². The number of carboxylic acids is 1. The summed E-state index contributed by atoms with van der Waals surface area (Å²) in [6.45, 7) is 5.19. The third kappa shape index (κ3) is 5.37. The van der Waals surface area contributed by atoms with Gasteiger partial charge in [-0.3, -0.25) is 4.57 Å². The van der Waals surface area contributed by atoms with Crippen LogP contribution in [0.3, 0.4) is 0 Å². The molecule has 11 heteroatoms. The molecule has 38 heavy (non-hydrogen) atoms. The number of nitrogens with zero attached hydrogens (tertiary/aromatic N) is 3. The molecule has 1 heterocycles. The van der Waals surface area contributed by atoms with E-state index in [0.717, 1.165) is 35.0 Å². The molecule has 0 bridgehead atoms. The molecule has 4 rings (SSSR count). The Morgan fingerprint density at radius 3 is 2.34 bits per heavy atom. The number of hydrogen-bond acceptors (Lipinski definition) is 6. The van der Waals surface area contributed by atoms with Crippen LogP contribution >= 0.6 is 11.8 Å². The molecule has 0 atom stereocenters. The van der Waals surface area contributed by atoms with Crippen LogP contribution in [0.5, 0.6) is 11.6 Å². The number of halogens is 3. The SMILES string of the molecule is C/C(=C\Sc1ccc(N=Nc2c(O)n(-c3ccc(C)c(C)c3)c3cc(C(F)(F)F)ccc23)c(O)c1)C(=O)O. The number of hydrogen-bond donors (Lipinski definition) is 3. The Morgan fingerprint density at radius 1 is 0.974 bits per heavy atom. The van der Waals surface area contributed by atoms with Gasteiger partial charge in [-0.05, 0) is 85.8 Å². The van der Waals surface area contributed by atoms with Gasteiger partial charge in [0.15, 0.2) is 5.69 Å². The van der Waals surface area contributed by atoms with Crippen molar-refractivity contribution in [3.05, 3.63) is 82.3 Å². The van der Waals surface area contributed by atoms with Crippen LogP contribution in [0.25, 0.3) is 16.6 Å². The number of aromatic nitrogens is 1. The van der Waals surface area contributed by atoms with Crippen molar-refractivity contribution < 1.29 is 33.3 Å². The zero-order valence-corrected chi connectivity index (χ0v) is 21.2. The molecule has 0 saturated carbocycles. The first-order valence-corrected chi connectivity index (χ1v) is 12.1. The van der Waals surface area contributed by atoms with Gasteiger partial charge in [-0.25, -0.2) is 4.79 Å². The summed E-state index contributed by atoms with van der Waals surface area (Å²) in [5.74, 6) is -1.72. The molecule has 4 aromatic rings. The monoisotopic (exact) mass is 541 g/mol. The fourth-order valence-corrected chi connectivity index (χ4v) is 4.37. The van der Waals surface area contributed by atoms with E-state index < -0.39 is 23.6 Å². The van der Waals surface area contributed by atoms with Gasteiger partial charge in [0.2, 0.25) is 5.88 Å². The van der Waals surface area contributed by atoms with Crippen LogP contribution in [-0.2, 0) is 11.0 Å². The van der Waals surface area contributed by atoms with Crippen LogP contribution in [-0.4, -0.2) is 25.9 Å². The van der Waals surface area contributed by atoms with E-state index in [-0.39, 0.29) is 33.6 Å². The minimum Gasteiger partial charge on any atom is -0.506 e. The number of phenols is 1. The molecule has 0 amide bonds. The Kier molecular flexibility index (Phi) is 7.23. The minimum atomic E-state index is -4.59. The number of azo groups is 1. The number of alkyl halides is 3. The Labute approximate surface area is 219 Å². The van der Waals surface area contributed by atoms with E-state index in [2.05, 4.69) is 10.2 Å². The highest BCUT2D eigenvalue weighted by Gasteiger charge is 2.32. The molecule has 3 aromatic carbocycles. The molecular formula is C27H22F3N3O4S. The van der Waals surface area contributed by atoms with Crippen molar-refractivity contribution in [1.82, 2.24) is 4.57 Å². The quantitative estimate of drug-likeness (QED) is 0.130. The van der Waals surface area contributed by atoms with Crippen molar-refractivity contribution in [2.24, 2.45) is 10.2 Å². The number of aliphatic carboxylic acids is 1. The van der Waals surface area contributed by atoms with E-state index in [1.165, 1.54) is 35.1 Å². The highest BCUT2D eigenvalue weighted by Crippen LogP contribution is 2.44. The van der Waals surface area contributed by atoms with Crippen LogP contribution in [0.1, 0.15) is 23.6 Å². The molecule has 0 aliphatic carbocycles. The Hall–Kier alpha value is -4.25. The zero-order valence-electron chi connectivity index (χ0n) is 20.4. The first-order valence-electron chi connectivity index (χ1n) is 11.2. The second kappa shape index (κ2) is 10.3. The van der Waals surface area contributed by atoms with Gasteiger partial charge >= 0.3 is 12.1 Å². The minimum absolute atomic E-state index is 0.0479. The molecule has 0 fully saturated rings. The first-order chi connectivity index (χ1) is 17.9. The second-order valence-corrected chi connectivity index (χ2v) is 9.52. The van der Waals surface area contributed by atoms with Gasteiger partial charge in [-0.2, -0.15) is 13.2 Å². The van der Waals surface area contributed by atoms with Gasteiger partial charge in [0, 0.05) is 21.5 Å². The zero-order chi connectivity index (χ0) is 27.8. The van der Waals surface area contributed by atoms with Crippen LogP contribution in [0.15, 0.2) is 80.7 Å². The molecule has 0 saturated heterocycles. The molecule has 1 aromatic heterocycles. The van der Waals surface area contributed by atoms with Crippen LogP contribution in [0.4, 0.5) is 24.5 Å². The summed E-state index contributed by atoms with van der Waals surface area (Å²) >= 11 is 1.09. The maximum atomic E-state index is 13.5. The van der Waals surface area contributed by atoms with Crippen molar-refractivity contribution >= 4 is 40.0 Å². The average Bonchev–Trinajstić information content (AvgIpc) is 3.13.